The topological polar surface area (TPSA) is 52.7 Å². The Hall–Kier alpha value is -2.53. The van der Waals surface area contributed by atoms with E-state index in [2.05, 4.69) is 12.2 Å². The van der Waals surface area contributed by atoms with Crippen LogP contribution < -0.4 is 10.2 Å². The number of nitrogens with one attached hydrogen (secondary N) is 1. The van der Waals surface area contributed by atoms with E-state index in [0.717, 1.165) is 30.8 Å². The van der Waals surface area contributed by atoms with E-state index in [0.29, 0.717) is 17.5 Å². The van der Waals surface area contributed by atoms with E-state index >= 15 is 0 Å². The number of para-hydroxylation sites is 1. The summed E-state index contributed by atoms with van der Waals surface area (Å²) in [6.07, 6.45) is 1.04. The number of carbonyl (C=O) groups excluding carboxylic acids is 2. The Kier molecular flexibility index (Phi) is 6.93. The van der Waals surface area contributed by atoms with Crippen LogP contribution in [0.15, 0.2) is 54.6 Å². The quantitative estimate of drug-likeness (QED) is 0.776. The number of rotatable bonds is 7. The van der Waals surface area contributed by atoms with Gasteiger partial charge in [0.25, 0.3) is 0 Å². The van der Waals surface area contributed by atoms with Gasteiger partial charge in [0.2, 0.25) is 11.8 Å². The van der Waals surface area contributed by atoms with Gasteiger partial charge in [-0.25, -0.2) is 0 Å². The second-order valence-corrected chi connectivity index (χ2v) is 7.77. The summed E-state index contributed by atoms with van der Waals surface area (Å²) in [4.78, 5) is 29.0. The molecule has 6 heteroatoms. The van der Waals surface area contributed by atoms with Gasteiger partial charge in [0, 0.05) is 30.3 Å². The van der Waals surface area contributed by atoms with E-state index in [-0.39, 0.29) is 24.9 Å². The normalized spacial score (nSPS) is 16.1. The van der Waals surface area contributed by atoms with Gasteiger partial charge in [-0.1, -0.05) is 48.9 Å². The van der Waals surface area contributed by atoms with E-state index in [1.165, 1.54) is 0 Å². The highest BCUT2D eigenvalue weighted by molar-refractivity contribution is 6.30. The molecule has 0 aromatic heterocycles. The van der Waals surface area contributed by atoms with Crippen molar-refractivity contribution < 1.29 is 9.59 Å². The number of likely N-dealkylation sites (tertiary alicyclic amines) is 1. The molecule has 1 fully saturated rings. The van der Waals surface area contributed by atoms with Gasteiger partial charge in [-0.2, -0.15) is 0 Å². The second kappa shape index (κ2) is 9.60. The number of anilines is 1. The molecular weight excluding hydrogens is 374 g/mol. The van der Waals surface area contributed by atoms with Crippen molar-refractivity contribution in [2.24, 2.45) is 5.92 Å². The number of amides is 2. The average molecular weight is 400 g/mol. The van der Waals surface area contributed by atoms with Gasteiger partial charge in [-0.15, -0.1) is 0 Å². The second-order valence-electron chi connectivity index (χ2n) is 7.33. The molecule has 5 nitrogen and oxygen atoms in total. The lowest BCUT2D eigenvalue weighted by molar-refractivity contribution is -0.128. The van der Waals surface area contributed by atoms with E-state index in [4.69, 9.17) is 11.6 Å². The summed E-state index contributed by atoms with van der Waals surface area (Å²) in [6.45, 7) is 4.47. The Morgan fingerprint density at radius 3 is 2.61 bits per heavy atom. The molecule has 2 amide bonds. The van der Waals surface area contributed by atoms with Gasteiger partial charge in [0.1, 0.15) is 0 Å². The fourth-order valence-electron chi connectivity index (χ4n) is 3.38. The van der Waals surface area contributed by atoms with Gasteiger partial charge in [-0.05, 0) is 42.2 Å². The highest BCUT2D eigenvalue weighted by Gasteiger charge is 2.25. The van der Waals surface area contributed by atoms with Gasteiger partial charge in [0.15, 0.2) is 0 Å². The molecule has 0 saturated carbocycles. The van der Waals surface area contributed by atoms with Crippen LogP contribution in [0.4, 0.5) is 5.69 Å². The van der Waals surface area contributed by atoms with Crippen molar-refractivity contribution in [2.75, 3.05) is 31.1 Å². The zero-order valence-electron chi connectivity index (χ0n) is 16.1. The molecule has 1 atom stereocenters. The summed E-state index contributed by atoms with van der Waals surface area (Å²) in [5.41, 5.74) is 1.80. The first-order valence-electron chi connectivity index (χ1n) is 9.60. The van der Waals surface area contributed by atoms with Crippen LogP contribution in [0.5, 0.6) is 0 Å². The molecule has 2 aromatic rings. The van der Waals surface area contributed by atoms with E-state index in [1.807, 2.05) is 58.3 Å². The largest absolute Gasteiger partial charge is 0.353 e. The SMILES string of the molecule is CC1CCN(C(=O)CN(CC(=O)NCc2cccc(Cl)c2)c2ccccc2)C1. The van der Waals surface area contributed by atoms with Crippen molar-refractivity contribution in [3.63, 3.8) is 0 Å². The molecule has 28 heavy (non-hydrogen) atoms. The first kappa shape index (κ1) is 20.2. The molecule has 1 heterocycles. The predicted molar refractivity (Wildman–Crippen MR) is 112 cm³/mol. The van der Waals surface area contributed by atoms with Crippen molar-refractivity contribution in [1.29, 1.82) is 0 Å². The van der Waals surface area contributed by atoms with Gasteiger partial charge in [-0.3, -0.25) is 9.59 Å². The van der Waals surface area contributed by atoms with Crippen molar-refractivity contribution in [1.82, 2.24) is 10.2 Å². The van der Waals surface area contributed by atoms with Gasteiger partial charge < -0.3 is 15.1 Å². The monoisotopic (exact) mass is 399 g/mol. The molecule has 1 aliphatic rings. The van der Waals surface area contributed by atoms with Gasteiger partial charge >= 0.3 is 0 Å². The summed E-state index contributed by atoms with van der Waals surface area (Å²) in [6, 6.07) is 17.0. The summed E-state index contributed by atoms with van der Waals surface area (Å²) in [7, 11) is 0. The van der Waals surface area contributed by atoms with Crippen molar-refractivity contribution in [3.8, 4) is 0 Å². The first-order valence-corrected chi connectivity index (χ1v) is 9.98. The molecule has 1 saturated heterocycles. The van der Waals surface area contributed by atoms with Crippen LogP contribution in [-0.2, 0) is 16.1 Å². The minimum absolute atomic E-state index is 0.0656. The number of hydrogen-bond donors (Lipinski definition) is 1. The fraction of sp³-hybridized carbons (Fsp3) is 0.364. The summed E-state index contributed by atoms with van der Waals surface area (Å²) in [5.74, 6) is 0.470. The van der Waals surface area contributed by atoms with Crippen LogP contribution in [0.3, 0.4) is 0 Å². The Balaban J connectivity index is 1.62. The molecule has 0 spiro atoms. The van der Waals surface area contributed by atoms with Crippen molar-refractivity contribution in [2.45, 2.75) is 19.9 Å². The Bertz CT molecular complexity index is 812. The molecule has 2 aromatic carbocycles. The Morgan fingerprint density at radius 1 is 1.14 bits per heavy atom. The number of halogens is 1. The van der Waals surface area contributed by atoms with E-state index in [9.17, 15) is 9.59 Å². The molecule has 1 N–H and O–H groups in total. The standard InChI is InChI=1S/C22H26ClN3O2/c1-17-10-11-25(14-17)22(28)16-26(20-8-3-2-4-9-20)15-21(27)24-13-18-6-5-7-19(23)12-18/h2-9,12,17H,10-11,13-16H2,1H3,(H,24,27). The third kappa shape index (κ3) is 5.73. The maximum atomic E-state index is 12.7. The molecule has 1 aliphatic heterocycles. The third-order valence-electron chi connectivity index (χ3n) is 4.94. The Labute approximate surface area is 171 Å². The molecule has 1 unspecified atom stereocenters. The van der Waals surface area contributed by atoms with Gasteiger partial charge in [0.05, 0.1) is 13.1 Å². The number of carbonyl (C=O) groups is 2. The summed E-state index contributed by atoms with van der Waals surface area (Å²) in [5, 5.41) is 3.55. The zero-order chi connectivity index (χ0) is 19.9. The van der Waals surface area contributed by atoms with Crippen LogP contribution >= 0.6 is 11.6 Å². The first-order chi connectivity index (χ1) is 13.5. The summed E-state index contributed by atoms with van der Waals surface area (Å²) < 4.78 is 0. The molecule has 0 radical (unpaired) electrons. The average Bonchev–Trinajstić information content (AvgIpc) is 3.13. The maximum Gasteiger partial charge on any atom is 0.242 e. The number of hydrogen-bond acceptors (Lipinski definition) is 3. The van der Waals surface area contributed by atoms with E-state index < -0.39 is 0 Å². The predicted octanol–water partition coefficient (Wildman–Crippen LogP) is 3.33. The number of benzene rings is 2. The molecule has 0 aliphatic carbocycles. The van der Waals surface area contributed by atoms with Crippen LogP contribution in [0.1, 0.15) is 18.9 Å². The van der Waals surface area contributed by atoms with Crippen LogP contribution in [0.2, 0.25) is 5.02 Å². The molecular formula is C22H26ClN3O2. The fourth-order valence-corrected chi connectivity index (χ4v) is 3.59. The van der Waals surface area contributed by atoms with Crippen LogP contribution in [-0.4, -0.2) is 42.9 Å². The minimum Gasteiger partial charge on any atom is -0.353 e. The Morgan fingerprint density at radius 2 is 1.93 bits per heavy atom. The molecule has 3 rings (SSSR count). The lowest BCUT2D eigenvalue weighted by Crippen LogP contribution is -2.44. The van der Waals surface area contributed by atoms with E-state index in [1.54, 1.807) is 6.07 Å². The lowest BCUT2D eigenvalue weighted by Gasteiger charge is -2.26. The van der Waals surface area contributed by atoms with Crippen LogP contribution in [0, 0.1) is 5.92 Å². The molecule has 0 bridgehead atoms. The lowest BCUT2D eigenvalue weighted by atomic mass is 10.2. The van der Waals surface area contributed by atoms with Crippen molar-refractivity contribution >= 4 is 29.1 Å². The number of nitrogens with zero attached hydrogens (tertiary/aromatic N) is 2. The molecule has 148 valence electrons. The van der Waals surface area contributed by atoms with Crippen molar-refractivity contribution in [3.05, 3.63) is 65.2 Å². The summed E-state index contributed by atoms with van der Waals surface area (Å²) >= 11 is 5.99. The smallest absolute Gasteiger partial charge is 0.242 e. The van der Waals surface area contributed by atoms with Crippen LogP contribution in [0.25, 0.3) is 0 Å². The minimum atomic E-state index is -0.133. The third-order valence-corrected chi connectivity index (χ3v) is 5.17. The highest BCUT2D eigenvalue weighted by Crippen LogP contribution is 2.18. The highest BCUT2D eigenvalue weighted by atomic mass is 35.5. The zero-order valence-corrected chi connectivity index (χ0v) is 16.9. The maximum absolute atomic E-state index is 12.7.